The van der Waals surface area contributed by atoms with Crippen molar-refractivity contribution in [2.45, 2.75) is 12.7 Å². The number of nitrogens with zero attached hydrogens (tertiary/aromatic N) is 2. The summed E-state index contributed by atoms with van der Waals surface area (Å²) in [5.74, 6) is -0.869. The van der Waals surface area contributed by atoms with Gasteiger partial charge in [0, 0.05) is 11.0 Å². The average molecular weight is 355 g/mol. The zero-order valence-corrected chi connectivity index (χ0v) is 12.3. The van der Waals surface area contributed by atoms with Crippen molar-refractivity contribution < 1.29 is 13.2 Å². The van der Waals surface area contributed by atoms with Crippen molar-refractivity contribution in [3.05, 3.63) is 64.4 Å². The molecule has 0 saturated carbocycles. The molecule has 1 heterocycles. The second-order valence-electron chi connectivity index (χ2n) is 4.63. The Labute approximate surface area is 127 Å². The van der Waals surface area contributed by atoms with Crippen LogP contribution in [0.2, 0.25) is 0 Å². The van der Waals surface area contributed by atoms with Gasteiger partial charge in [0.05, 0.1) is 11.0 Å². The van der Waals surface area contributed by atoms with Crippen molar-refractivity contribution in [2.75, 3.05) is 0 Å². The van der Waals surface area contributed by atoms with E-state index in [-0.39, 0.29) is 6.54 Å². The van der Waals surface area contributed by atoms with Crippen molar-refractivity contribution in [1.82, 2.24) is 9.55 Å². The molecule has 3 rings (SSSR count). The lowest BCUT2D eigenvalue weighted by molar-refractivity contribution is -0.146. The van der Waals surface area contributed by atoms with E-state index in [4.69, 9.17) is 0 Å². The van der Waals surface area contributed by atoms with Crippen molar-refractivity contribution in [3.63, 3.8) is 0 Å². The molecule has 0 radical (unpaired) electrons. The highest BCUT2D eigenvalue weighted by Crippen LogP contribution is 2.32. The largest absolute Gasteiger partial charge is 0.449 e. The topological polar surface area (TPSA) is 17.8 Å². The van der Waals surface area contributed by atoms with Crippen LogP contribution in [0.3, 0.4) is 0 Å². The van der Waals surface area contributed by atoms with Gasteiger partial charge in [-0.2, -0.15) is 13.2 Å². The summed E-state index contributed by atoms with van der Waals surface area (Å²) < 4.78 is 41.6. The summed E-state index contributed by atoms with van der Waals surface area (Å²) in [6.45, 7) is 0.128. The van der Waals surface area contributed by atoms with Crippen molar-refractivity contribution >= 4 is 27.0 Å². The van der Waals surface area contributed by atoms with Crippen LogP contribution in [0.25, 0.3) is 11.0 Å². The van der Waals surface area contributed by atoms with Crippen LogP contribution < -0.4 is 0 Å². The van der Waals surface area contributed by atoms with E-state index in [9.17, 15) is 13.2 Å². The third-order valence-corrected chi connectivity index (χ3v) is 3.69. The Balaban J connectivity index is 2.13. The van der Waals surface area contributed by atoms with E-state index in [0.29, 0.717) is 11.0 Å². The molecule has 6 heteroatoms. The fourth-order valence-corrected chi connectivity index (χ4v) is 2.49. The number of benzene rings is 2. The lowest BCUT2D eigenvalue weighted by Crippen LogP contribution is -2.15. The number of fused-ring (bicyclic) bond motifs is 1. The Bertz CT molecular complexity index is 776. The third kappa shape index (κ3) is 2.81. The molecule has 0 aliphatic heterocycles. The molecule has 0 amide bonds. The fraction of sp³-hybridized carbons (Fsp3) is 0.133. The van der Waals surface area contributed by atoms with Gasteiger partial charge in [0.15, 0.2) is 0 Å². The molecule has 0 aliphatic rings. The highest BCUT2D eigenvalue weighted by atomic mass is 79.9. The Morgan fingerprint density at radius 2 is 1.67 bits per heavy atom. The molecule has 2 aromatic carbocycles. The third-order valence-electron chi connectivity index (χ3n) is 3.16. The zero-order valence-electron chi connectivity index (χ0n) is 10.7. The average Bonchev–Trinajstić information content (AvgIpc) is 2.81. The summed E-state index contributed by atoms with van der Waals surface area (Å²) in [4.78, 5) is 3.73. The summed E-state index contributed by atoms with van der Waals surface area (Å²) in [5.41, 5.74) is 1.61. The van der Waals surface area contributed by atoms with Gasteiger partial charge in [-0.25, -0.2) is 4.98 Å². The molecule has 2 nitrogen and oxygen atoms in total. The zero-order chi connectivity index (χ0) is 15.0. The predicted octanol–water partition coefficient (Wildman–Crippen LogP) is 4.87. The Morgan fingerprint density at radius 3 is 2.33 bits per heavy atom. The first-order valence-corrected chi connectivity index (χ1v) is 7.01. The number of para-hydroxylation sites is 2. The summed E-state index contributed by atoms with van der Waals surface area (Å²) in [6, 6.07) is 13.8. The molecule has 3 aromatic rings. The Hall–Kier alpha value is -1.82. The monoisotopic (exact) mass is 354 g/mol. The molecular formula is C15H10BrF3N2. The first-order chi connectivity index (χ1) is 9.95. The van der Waals surface area contributed by atoms with Crippen molar-refractivity contribution in [3.8, 4) is 0 Å². The van der Waals surface area contributed by atoms with Gasteiger partial charge in [0.2, 0.25) is 5.82 Å². The minimum atomic E-state index is -4.48. The SMILES string of the molecule is FC(F)(F)c1nc2ccccc2n1Cc1ccc(Br)cc1. The Kier molecular flexibility index (Phi) is 3.49. The first-order valence-electron chi connectivity index (χ1n) is 6.22. The molecule has 0 spiro atoms. The number of hydrogen-bond donors (Lipinski definition) is 0. The molecule has 0 bridgehead atoms. The number of halogens is 4. The van der Waals surface area contributed by atoms with E-state index in [0.717, 1.165) is 10.0 Å². The van der Waals surface area contributed by atoms with Gasteiger partial charge in [0.25, 0.3) is 0 Å². The lowest BCUT2D eigenvalue weighted by Gasteiger charge is -2.11. The molecule has 21 heavy (non-hydrogen) atoms. The van der Waals surface area contributed by atoms with Gasteiger partial charge in [-0.3, -0.25) is 0 Å². The number of alkyl halides is 3. The second kappa shape index (κ2) is 5.18. The number of imidazole rings is 1. The standard InChI is InChI=1S/C15H10BrF3N2/c16-11-7-5-10(6-8-11)9-21-13-4-2-1-3-12(13)20-14(21)15(17,18)19/h1-8H,9H2. The van der Waals surface area contributed by atoms with Gasteiger partial charge >= 0.3 is 6.18 Å². The van der Waals surface area contributed by atoms with E-state index in [1.54, 1.807) is 36.4 Å². The summed E-state index contributed by atoms with van der Waals surface area (Å²) in [6.07, 6.45) is -4.48. The molecule has 0 unspecified atom stereocenters. The molecule has 0 atom stereocenters. The van der Waals surface area contributed by atoms with Crippen LogP contribution in [-0.4, -0.2) is 9.55 Å². The Morgan fingerprint density at radius 1 is 1.00 bits per heavy atom. The summed E-state index contributed by atoms with van der Waals surface area (Å²) >= 11 is 3.31. The minimum Gasteiger partial charge on any atom is -0.316 e. The number of aromatic nitrogens is 2. The van der Waals surface area contributed by atoms with Crippen molar-refractivity contribution in [2.24, 2.45) is 0 Å². The summed E-state index contributed by atoms with van der Waals surface area (Å²) in [5, 5.41) is 0. The van der Waals surface area contributed by atoms with Crippen LogP contribution in [0, 0.1) is 0 Å². The molecule has 0 N–H and O–H groups in total. The highest BCUT2D eigenvalue weighted by Gasteiger charge is 2.37. The van der Waals surface area contributed by atoms with Crippen LogP contribution in [0.4, 0.5) is 13.2 Å². The maximum atomic E-state index is 13.2. The molecule has 108 valence electrons. The first kappa shape index (κ1) is 14.1. The quantitative estimate of drug-likeness (QED) is 0.642. The molecule has 1 aromatic heterocycles. The smallest absolute Gasteiger partial charge is 0.316 e. The van der Waals surface area contributed by atoms with E-state index in [1.807, 2.05) is 12.1 Å². The van der Waals surface area contributed by atoms with Gasteiger partial charge in [-0.05, 0) is 29.8 Å². The molecule has 0 fully saturated rings. The van der Waals surface area contributed by atoms with Gasteiger partial charge in [-0.15, -0.1) is 0 Å². The highest BCUT2D eigenvalue weighted by molar-refractivity contribution is 9.10. The lowest BCUT2D eigenvalue weighted by atomic mass is 10.2. The van der Waals surface area contributed by atoms with E-state index in [1.165, 1.54) is 4.57 Å². The van der Waals surface area contributed by atoms with Crippen LogP contribution in [0.15, 0.2) is 53.0 Å². The molecule has 0 saturated heterocycles. The van der Waals surface area contributed by atoms with Crippen LogP contribution in [-0.2, 0) is 12.7 Å². The van der Waals surface area contributed by atoms with E-state index < -0.39 is 12.0 Å². The second-order valence-corrected chi connectivity index (χ2v) is 5.55. The van der Waals surface area contributed by atoms with E-state index in [2.05, 4.69) is 20.9 Å². The maximum Gasteiger partial charge on any atom is 0.449 e. The number of hydrogen-bond acceptors (Lipinski definition) is 1. The molecule has 0 aliphatic carbocycles. The molecular weight excluding hydrogens is 345 g/mol. The van der Waals surface area contributed by atoms with Crippen molar-refractivity contribution in [1.29, 1.82) is 0 Å². The minimum absolute atomic E-state index is 0.128. The normalized spacial score (nSPS) is 12.0. The van der Waals surface area contributed by atoms with Crippen LogP contribution >= 0.6 is 15.9 Å². The van der Waals surface area contributed by atoms with Crippen LogP contribution in [0.5, 0.6) is 0 Å². The van der Waals surface area contributed by atoms with Crippen LogP contribution in [0.1, 0.15) is 11.4 Å². The maximum absolute atomic E-state index is 13.2. The van der Waals surface area contributed by atoms with E-state index >= 15 is 0 Å². The predicted molar refractivity (Wildman–Crippen MR) is 78.0 cm³/mol. The summed E-state index contributed by atoms with van der Waals surface area (Å²) in [7, 11) is 0. The number of rotatable bonds is 2. The fourth-order valence-electron chi connectivity index (χ4n) is 2.22. The van der Waals surface area contributed by atoms with Gasteiger partial charge in [-0.1, -0.05) is 40.2 Å². The van der Waals surface area contributed by atoms with Gasteiger partial charge in [0.1, 0.15) is 0 Å². The van der Waals surface area contributed by atoms with Gasteiger partial charge < -0.3 is 4.57 Å².